The maximum atomic E-state index is 5.42. The van der Waals surface area contributed by atoms with Crippen LogP contribution >= 0.6 is 15.9 Å². The number of piperazine rings is 1. The Morgan fingerprint density at radius 3 is 2.61 bits per heavy atom. The Hall–Kier alpha value is -2.55. The van der Waals surface area contributed by atoms with Gasteiger partial charge in [0.15, 0.2) is 5.96 Å². The van der Waals surface area contributed by atoms with Crippen molar-refractivity contribution in [3.63, 3.8) is 0 Å². The molecule has 2 aromatic rings. The van der Waals surface area contributed by atoms with Crippen molar-refractivity contribution in [1.82, 2.24) is 20.2 Å². The maximum absolute atomic E-state index is 5.42. The van der Waals surface area contributed by atoms with Crippen LogP contribution in [0.15, 0.2) is 39.9 Å². The van der Waals surface area contributed by atoms with Crippen LogP contribution in [0.5, 0.6) is 11.6 Å². The number of benzene rings is 1. The highest BCUT2D eigenvalue weighted by Crippen LogP contribution is 2.24. The number of hydrogen-bond acceptors (Lipinski definition) is 6. The van der Waals surface area contributed by atoms with E-state index in [9.17, 15) is 0 Å². The quantitative estimate of drug-likeness (QED) is 0.554. The molecule has 150 valence electrons. The summed E-state index contributed by atoms with van der Waals surface area (Å²) in [4.78, 5) is 17.7. The molecule has 9 heteroatoms. The van der Waals surface area contributed by atoms with Crippen LogP contribution in [0.4, 0.5) is 5.95 Å². The van der Waals surface area contributed by atoms with Crippen LogP contribution in [0, 0.1) is 0 Å². The zero-order valence-corrected chi connectivity index (χ0v) is 17.9. The third kappa shape index (κ3) is 4.64. The molecule has 0 spiro atoms. The number of aromatic nitrogens is 2. The van der Waals surface area contributed by atoms with Crippen molar-refractivity contribution >= 4 is 27.8 Å². The molecule has 0 radical (unpaired) electrons. The summed E-state index contributed by atoms with van der Waals surface area (Å²) in [5.41, 5.74) is 1.10. The van der Waals surface area contributed by atoms with Crippen LogP contribution in [0.3, 0.4) is 0 Å². The Morgan fingerprint density at radius 2 is 1.93 bits per heavy atom. The monoisotopic (exact) mass is 448 g/mol. The Balaban J connectivity index is 1.58. The van der Waals surface area contributed by atoms with E-state index >= 15 is 0 Å². The lowest BCUT2D eigenvalue weighted by Crippen LogP contribution is -2.52. The van der Waals surface area contributed by atoms with E-state index in [2.05, 4.69) is 52.1 Å². The summed E-state index contributed by atoms with van der Waals surface area (Å²) < 4.78 is 11.4. The molecule has 1 N–H and O–H groups in total. The average molecular weight is 449 g/mol. The first-order valence-electron chi connectivity index (χ1n) is 9.05. The van der Waals surface area contributed by atoms with Crippen molar-refractivity contribution in [2.45, 2.75) is 6.54 Å². The van der Waals surface area contributed by atoms with Gasteiger partial charge >= 0.3 is 0 Å². The van der Waals surface area contributed by atoms with E-state index in [0.717, 1.165) is 47.9 Å². The van der Waals surface area contributed by atoms with Crippen molar-refractivity contribution in [2.24, 2.45) is 4.99 Å². The molecule has 1 aromatic carbocycles. The highest BCUT2D eigenvalue weighted by atomic mass is 79.9. The van der Waals surface area contributed by atoms with Gasteiger partial charge in [-0.3, -0.25) is 4.99 Å². The number of ether oxygens (including phenoxy) is 2. The minimum Gasteiger partial charge on any atom is -0.496 e. The largest absolute Gasteiger partial charge is 0.496 e. The van der Waals surface area contributed by atoms with E-state index in [0.29, 0.717) is 18.4 Å². The van der Waals surface area contributed by atoms with E-state index in [1.807, 2.05) is 18.2 Å². The van der Waals surface area contributed by atoms with Gasteiger partial charge in [-0.2, -0.15) is 4.98 Å². The van der Waals surface area contributed by atoms with E-state index in [1.54, 1.807) is 27.5 Å². The topological polar surface area (TPSA) is 75.1 Å². The molecule has 3 rings (SSSR count). The second-order valence-electron chi connectivity index (χ2n) is 6.21. The van der Waals surface area contributed by atoms with E-state index in [1.165, 1.54) is 0 Å². The summed E-state index contributed by atoms with van der Waals surface area (Å²) >= 11 is 3.39. The fourth-order valence-corrected chi connectivity index (χ4v) is 3.46. The van der Waals surface area contributed by atoms with Crippen molar-refractivity contribution in [2.75, 3.05) is 52.3 Å². The normalized spacial score (nSPS) is 14.8. The van der Waals surface area contributed by atoms with Crippen molar-refractivity contribution in [3.8, 4) is 11.6 Å². The Morgan fingerprint density at radius 1 is 1.18 bits per heavy atom. The molecule has 0 bridgehead atoms. The van der Waals surface area contributed by atoms with Crippen LogP contribution in [0.25, 0.3) is 0 Å². The minimum atomic E-state index is 0.543. The minimum absolute atomic E-state index is 0.543. The van der Waals surface area contributed by atoms with Gasteiger partial charge in [0.05, 0.1) is 24.9 Å². The van der Waals surface area contributed by atoms with E-state index < -0.39 is 0 Å². The molecule has 2 heterocycles. The van der Waals surface area contributed by atoms with Crippen LogP contribution < -0.4 is 19.7 Å². The SMILES string of the molecule is CN=C(NCc1ccccc1OC)N1CCN(c2ncc(Br)c(OC)n2)CC1. The van der Waals surface area contributed by atoms with Gasteiger partial charge < -0.3 is 24.6 Å². The molecule has 28 heavy (non-hydrogen) atoms. The zero-order chi connectivity index (χ0) is 19.9. The maximum Gasteiger partial charge on any atom is 0.232 e. The lowest BCUT2D eigenvalue weighted by molar-refractivity contribution is 0.365. The lowest BCUT2D eigenvalue weighted by atomic mass is 10.2. The Kier molecular flexibility index (Phi) is 6.91. The summed E-state index contributed by atoms with van der Waals surface area (Å²) in [6, 6.07) is 7.99. The van der Waals surface area contributed by atoms with Crippen LogP contribution in [0.1, 0.15) is 5.56 Å². The molecule has 0 atom stereocenters. The average Bonchev–Trinajstić information content (AvgIpc) is 2.75. The van der Waals surface area contributed by atoms with Gasteiger partial charge in [-0.1, -0.05) is 18.2 Å². The number of nitrogens with one attached hydrogen (secondary N) is 1. The molecular formula is C19H25BrN6O2. The Bertz CT molecular complexity index is 824. The van der Waals surface area contributed by atoms with Crippen LogP contribution in [0.2, 0.25) is 0 Å². The molecule has 0 saturated carbocycles. The lowest BCUT2D eigenvalue weighted by Gasteiger charge is -2.36. The van der Waals surface area contributed by atoms with Crippen LogP contribution in [-0.2, 0) is 6.54 Å². The third-order valence-corrected chi connectivity index (χ3v) is 5.14. The first kappa shape index (κ1) is 20.2. The molecule has 1 aliphatic heterocycles. The highest BCUT2D eigenvalue weighted by molar-refractivity contribution is 9.10. The van der Waals surface area contributed by atoms with Crippen LogP contribution in [-0.4, -0.2) is 68.3 Å². The zero-order valence-electron chi connectivity index (χ0n) is 16.4. The molecular weight excluding hydrogens is 424 g/mol. The van der Waals surface area contributed by atoms with E-state index in [-0.39, 0.29) is 0 Å². The summed E-state index contributed by atoms with van der Waals surface area (Å²) in [6.07, 6.45) is 1.72. The standard InChI is InChI=1S/C19H25BrN6O2/c1-21-18(22-12-14-6-4-5-7-16(14)27-2)25-8-10-26(11-9-25)19-23-13-15(20)17(24-19)28-3/h4-7,13H,8-12H2,1-3H3,(H,21,22). The van der Waals surface area contributed by atoms with Gasteiger partial charge in [-0.25, -0.2) is 4.98 Å². The predicted octanol–water partition coefficient (Wildman–Crippen LogP) is 2.15. The fourth-order valence-electron chi connectivity index (χ4n) is 3.11. The molecule has 1 aliphatic rings. The molecule has 1 saturated heterocycles. The molecule has 8 nitrogen and oxygen atoms in total. The number of hydrogen-bond donors (Lipinski definition) is 1. The summed E-state index contributed by atoms with van der Waals surface area (Å²) in [5.74, 6) is 2.97. The predicted molar refractivity (Wildman–Crippen MR) is 113 cm³/mol. The second kappa shape index (κ2) is 9.59. The van der Waals surface area contributed by atoms with Crippen molar-refractivity contribution in [3.05, 3.63) is 40.5 Å². The van der Waals surface area contributed by atoms with E-state index in [4.69, 9.17) is 9.47 Å². The van der Waals surface area contributed by atoms with Gasteiger partial charge in [0.2, 0.25) is 11.8 Å². The smallest absolute Gasteiger partial charge is 0.232 e. The van der Waals surface area contributed by atoms with Crippen molar-refractivity contribution < 1.29 is 9.47 Å². The molecule has 0 amide bonds. The summed E-state index contributed by atoms with van der Waals surface area (Å²) in [7, 11) is 5.10. The number of halogens is 1. The molecule has 1 aromatic heterocycles. The highest BCUT2D eigenvalue weighted by Gasteiger charge is 2.22. The number of para-hydroxylation sites is 1. The molecule has 0 unspecified atom stereocenters. The third-order valence-electron chi connectivity index (χ3n) is 4.60. The number of guanidine groups is 1. The van der Waals surface area contributed by atoms with Gasteiger partial charge in [-0.05, 0) is 22.0 Å². The van der Waals surface area contributed by atoms with Gasteiger partial charge in [-0.15, -0.1) is 0 Å². The van der Waals surface area contributed by atoms with Crippen molar-refractivity contribution in [1.29, 1.82) is 0 Å². The number of methoxy groups -OCH3 is 2. The van der Waals surface area contributed by atoms with Gasteiger partial charge in [0, 0.05) is 45.3 Å². The van der Waals surface area contributed by atoms with Gasteiger partial charge in [0.25, 0.3) is 0 Å². The summed E-state index contributed by atoms with van der Waals surface area (Å²) in [5, 5.41) is 3.43. The number of nitrogens with zero attached hydrogens (tertiary/aromatic N) is 5. The molecule has 1 fully saturated rings. The Labute approximate surface area is 173 Å². The first-order chi connectivity index (χ1) is 13.7. The number of aliphatic imine (C=N–C) groups is 1. The second-order valence-corrected chi connectivity index (χ2v) is 7.07. The number of anilines is 1. The summed E-state index contributed by atoms with van der Waals surface area (Å²) in [6.45, 7) is 3.92. The molecule has 0 aliphatic carbocycles. The number of rotatable bonds is 5. The van der Waals surface area contributed by atoms with Gasteiger partial charge in [0.1, 0.15) is 5.75 Å². The fraction of sp³-hybridized carbons (Fsp3) is 0.421. The first-order valence-corrected chi connectivity index (χ1v) is 9.84.